The van der Waals surface area contributed by atoms with E-state index in [0.29, 0.717) is 4.47 Å². The number of benzene rings is 1. The summed E-state index contributed by atoms with van der Waals surface area (Å²) in [4.78, 5) is 0. The van der Waals surface area contributed by atoms with Gasteiger partial charge in [0.05, 0.1) is 4.47 Å². The van der Waals surface area contributed by atoms with Crippen LogP contribution in [0.3, 0.4) is 0 Å². The number of rotatable bonds is 5. The first kappa shape index (κ1) is 13.0. The van der Waals surface area contributed by atoms with Gasteiger partial charge in [0.15, 0.2) is 0 Å². The van der Waals surface area contributed by atoms with Gasteiger partial charge in [0.2, 0.25) is 0 Å². The van der Waals surface area contributed by atoms with E-state index in [0.717, 1.165) is 18.9 Å². The van der Waals surface area contributed by atoms with Crippen LogP contribution in [-0.4, -0.2) is 6.54 Å². The van der Waals surface area contributed by atoms with Crippen molar-refractivity contribution in [2.24, 2.45) is 5.92 Å². The average molecular weight is 304 g/mol. The number of hydrogen-bond donors (Lipinski definition) is 1. The van der Waals surface area contributed by atoms with E-state index in [1.165, 1.54) is 31.4 Å². The molecule has 2 rings (SSSR count). The monoisotopic (exact) mass is 303 g/mol. The van der Waals surface area contributed by atoms with Crippen LogP contribution in [0.25, 0.3) is 0 Å². The smallest absolute Gasteiger partial charge is 0.144 e. The first-order valence-corrected chi connectivity index (χ1v) is 6.81. The molecule has 0 heterocycles. The highest BCUT2D eigenvalue weighted by Crippen LogP contribution is 2.28. The second kappa shape index (κ2) is 5.91. The molecule has 0 aromatic heterocycles. The lowest BCUT2D eigenvalue weighted by Gasteiger charge is -2.25. The van der Waals surface area contributed by atoms with Crippen molar-refractivity contribution in [1.82, 2.24) is 5.32 Å². The van der Waals surface area contributed by atoms with Gasteiger partial charge in [-0.25, -0.2) is 8.78 Å². The molecule has 0 saturated heterocycles. The summed E-state index contributed by atoms with van der Waals surface area (Å²) >= 11 is 3.06. The number of hydrogen-bond acceptors (Lipinski definition) is 1. The second-order valence-electron chi connectivity index (χ2n) is 4.58. The molecule has 0 aliphatic heterocycles. The number of nitrogens with one attached hydrogen (secondary N) is 1. The van der Waals surface area contributed by atoms with Crippen LogP contribution in [0.4, 0.5) is 8.78 Å². The summed E-state index contributed by atoms with van der Waals surface area (Å²) < 4.78 is 27.3. The number of halogens is 3. The Morgan fingerprint density at radius 2 is 2.06 bits per heavy atom. The van der Waals surface area contributed by atoms with Gasteiger partial charge in [-0.05, 0) is 46.9 Å². The topological polar surface area (TPSA) is 12.0 Å². The molecule has 17 heavy (non-hydrogen) atoms. The maximum atomic E-state index is 13.6. The lowest BCUT2D eigenvalue weighted by molar-refractivity contribution is 0.291. The van der Waals surface area contributed by atoms with E-state index in [2.05, 4.69) is 21.2 Å². The Kier molecular flexibility index (Phi) is 4.51. The van der Waals surface area contributed by atoms with E-state index in [-0.39, 0.29) is 12.1 Å². The zero-order valence-electron chi connectivity index (χ0n) is 9.61. The van der Waals surface area contributed by atoms with Crippen LogP contribution in [-0.2, 0) is 6.54 Å². The first-order chi connectivity index (χ1) is 8.18. The zero-order valence-corrected chi connectivity index (χ0v) is 11.2. The van der Waals surface area contributed by atoms with Crippen molar-refractivity contribution in [3.05, 3.63) is 33.8 Å². The highest BCUT2D eigenvalue weighted by Gasteiger charge is 2.17. The fraction of sp³-hybridized carbons (Fsp3) is 0.538. The van der Waals surface area contributed by atoms with E-state index >= 15 is 0 Å². The maximum absolute atomic E-state index is 13.6. The van der Waals surface area contributed by atoms with Crippen LogP contribution in [0.15, 0.2) is 16.6 Å². The largest absolute Gasteiger partial charge is 0.312 e. The molecule has 1 fully saturated rings. The van der Waals surface area contributed by atoms with Crippen LogP contribution >= 0.6 is 15.9 Å². The van der Waals surface area contributed by atoms with Crippen molar-refractivity contribution in [3.63, 3.8) is 0 Å². The van der Waals surface area contributed by atoms with Gasteiger partial charge in [-0.3, -0.25) is 0 Å². The highest BCUT2D eigenvalue weighted by molar-refractivity contribution is 9.10. The Hall–Kier alpha value is -0.480. The molecule has 1 aromatic rings. The molecular formula is C13H16BrF2N. The van der Waals surface area contributed by atoms with Gasteiger partial charge in [-0.2, -0.15) is 0 Å². The minimum Gasteiger partial charge on any atom is -0.312 e. The third kappa shape index (κ3) is 3.26. The predicted molar refractivity (Wildman–Crippen MR) is 67.7 cm³/mol. The van der Waals surface area contributed by atoms with E-state index in [4.69, 9.17) is 0 Å². The van der Waals surface area contributed by atoms with Crippen LogP contribution in [0.5, 0.6) is 0 Å². The lowest BCUT2D eigenvalue weighted by Crippen LogP contribution is -2.22. The normalized spacial score (nSPS) is 15.9. The first-order valence-electron chi connectivity index (χ1n) is 6.01. The van der Waals surface area contributed by atoms with Gasteiger partial charge in [-0.1, -0.05) is 19.3 Å². The molecule has 0 amide bonds. The predicted octanol–water partition coefficient (Wildman–Crippen LogP) is 4.01. The molecule has 1 N–H and O–H groups in total. The highest BCUT2D eigenvalue weighted by atomic mass is 79.9. The van der Waals surface area contributed by atoms with Gasteiger partial charge in [0, 0.05) is 12.1 Å². The van der Waals surface area contributed by atoms with Crippen LogP contribution in [0.1, 0.15) is 31.2 Å². The third-order valence-electron chi connectivity index (χ3n) is 3.39. The van der Waals surface area contributed by atoms with Crippen molar-refractivity contribution in [2.75, 3.05) is 6.54 Å². The molecule has 0 bridgehead atoms. The molecule has 4 heteroatoms. The fourth-order valence-corrected chi connectivity index (χ4v) is 2.40. The average Bonchev–Trinajstić information content (AvgIpc) is 2.25. The standard InChI is InChI=1S/C13H16BrF2N/c14-11-4-5-12(15)10(13(11)16)8-17-7-6-9-2-1-3-9/h4-5,9,17H,1-3,6-8H2. The minimum absolute atomic E-state index is 0.119. The molecule has 94 valence electrons. The Labute approximate surface area is 109 Å². The van der Waals surface area contributed by atoms with E-state index in [1.807, 2.05) is 0 Å². The molecule has 0 unspecified atom stereocenters. The SMILES string of the molecule is Fc1ccc(Br)c(F)c1CNCCC1CCC1. The van der Waals surface area contributed by atoms with Crippen molar-refractivity contribution in [3.8, 4) is 0 Å². The zero-order chi connectivity index (χ0) is 12.3. The van der Waals surface area contributed by atoms with Crippen molar-refractivity contribution in [1.29, 1.82) is 0 Å². The molecule has 1 aliphatic rings. The minimum atomic E-state index is -0.499. The summed E-state index contributed by atoms with van der Waals surface area (Å²) in [5, 5.41) is 3.11. The van der Waals surface area contributed by atoms with E-state index in [1.54, 1.807) is 0 Å². The second-order valence-corrected chi connectivity index (χ2v) is 5.44. The Bertz CT molecular complexity index is 391. The van der Waals surface area contributed by atoms with Crippen LogP contribution in [0, 0.1) is 17.6 Å². The van der Waals surface area contributed by atoms with Crippen LogP contribution in [0.2, 0.25) is 0 Å². The van der Waals surface area contributed by atoms with Crippen molar-refractivity contribution in [2.45, 2.75) is 32.2 Å². The summed E-state index contributed by atoms with van der Waals surface area (Å²) in [6.07, 6.45) is 5.05. The molecule has 1 aromatic carbocycles. The Balaban J connectivity index is 1.83. The molecule has 0 radical (unpaired) electrons. The van der Waals surface area contributed by atoms with E-state index < -0.39 is 11.6 Å². The summed E-state index contributed by atoms with van der Waals surface area (Å²) in [5.74, 6) is -0.164. The van der Waals surface area contributed by atoms with Crippen molar-refractivity contribution >= 4 is 15.9 Å². The summed E-state index contributed by atoms with van der Waals surface area (Å²) in [7, 11) is 0. The molecule has 1 nitrogen and oxygen atoms in total. The fourth-order valence-electron chi connectivity index (χ4n) is 2.03. The van der Waals surface area contributed by atoms with Gasteiger partial charge >= 0.3 is 0 Å². The van der Waals surface area contributed by atoms with Gasteiger partial charge < -0.3 is 5.32 Å². The lowest BCUT2D eigenvalue weighted by atomic mass is 9.83. The molecule has 1 aliphatic carbocycles. The summed E-state index contributed by atoms with van der Waals surface area (Å²) in [6, 6.07) is 2.68. The molecule has 0 spiro atoms. The Morgan fingerprint density at radius 3 is 2.71 bits per heavy atom. The third-order valence-corrected chi connectivity index (χ3v) is 4.01. The molecular weight excluding hydrogens is 288 g/mol. The van der Waals surface area contributed by atoms with Gasteiger partial charge in [0.25, 0.3) is 0 Å². The quantitative estimate of drug-likeness (QED) is 0.640. The van der Waals surface area contributed by atoms with Gasteiger partial charge in [0.1, 0.15) is 11.6 Å². The van der Waals surface area contributed by atoms with Gasteiger partial charge in [-0.15, -0.1) is 0 Å². The summed E-state index contributed by atoms with van der Waals surface area (Å²) in [6.45, 7) is 1.08. The maximum Gasteiger partial charge on any atom is 0.144 e. The molecule has 1 saturated carbocycles. The Morgan fingerprint density at radius 1 is 1.29 bits per heavy atom. The molecule has 0 atom stereocenters. The summed E-state index contributed by atoms with van der Waals surface area (Å²) in [5.41, 5.74) is 0.119. The van der Waals surface area contributed by atoms with E-state index in [9.17, 15) is 8.78 Å². The van der Waals surface area contributed by atoms with Crippen molar-refractivity contribution < 1.29 is 8.78 Å². The van der Waals surface area contributed by atoms with Crippen LogP contribution < -0.4 is 5.32 Å².